The number of hydrogen-bond donors (Lipinski definition) is 1. The minimum absolute atomic E-state index is 0.144. The van der Waals surface area contributed by atoms with Crippen LogP contribution in [0.5, 0.6) is 0 Å². The first kappa shape index (κ1) is 9.98. The molecule has 1 aromatic heterocycles. The maximum absolute atomic E-state index is 11.4. The Morgan fingerprint density at radius 2 is 2.13 bits per heavy atom. The van der Waals surface area contributed by atoms with Crippen molar-refractivity contribution >= 4 is 32.7 Å². The average Bonchev–Trinajstić information content (AvgIpc) is 2.27. The second kappa shape index (κ2) is 3.90. The van der Waals surface area contributed by atoms with Crippen molar-refractivity contribution in [3.05, 3.63) is 51.3 Å². The summed E-state index contributed by atoms with van der Waals surface area (Å²) in [7, 11) is 0. The summed E-state index contributed by atoms with van der Waals surface area (Å²) in [5.41, 5.74) is 0.0982. The van der Waals surface area contributed by atoms with E-state index in [1.165, 1.54) is 4.99 Å². The fourth-order valence-electron chi connectivity index (χ4n) is 1.30. The van der Waals surface area contributed by atoms with E-state index in [0.717, 1.165) is 5.39 Å². The maximum Gasteiger partial charge on any atom is 0.347 e. The quantitative estimate of drug-likeness (QED) is 0.638. The van der Waals surface area contributed by atoms with E-state index in [-0.39, 0.29) is 11.3 Å². The van der Waals surface area contributed by atoms with Crippen LogP contribution < -0.4 is 5.63 Å². The van der Waals surface area contributed by atoms with Crippen molar-refractivity contribution in [3.8, 4) is 0 Å². The fraction of sp³-hybridized carbons (Fsp3) is 0. The van der Waals surface area contributed by atoms with Gasteiger partial charge in [0, 0.05) is 10.4 Å². The smallest absolute Gasteiger partial charge is 0.347 e. The highest BCUT2D eigenvalue weighted by Crippen LogP contribution is 2.16. The number of fused-ring (bicyclic) bond motifs is 1. The minimum Gasteiger partial charge on any atom is -0.506 e. The van der Waals surface area contributed by atoms with Crippen molar-refractivity contribution in [1.82, 2.24) is 0 Å². The fourth-order valence-corrected chi connectivity index (χ4v) is 1.55. The highest BCUT2D eigenvalue weighted by Gasteiger charge is 2.07. The number of hydrogen-bond acceptors (Lipinski definition) is 3. The number of aliphatic hydroxyl groups is 1. The molecule has 1 heterocycles. The predicted octanol–water partition coefficient (Wildman–Crippen LogP) is 3.04. The van der Waals surface area contributed by atoms with Gasteiger partial charge in [-0.05, 0) is 12.1 Å². The monoisotopic (exact) mass is 266 g/mol. The van der Waals surface area contributed by atoms with Gasteiger partial charge in [0.05, 0.1) is 0 Å². The van der Waals surface area contributed by atoms with Crippen LogP contribution in [0.25, 0.3) is 16.7 Å². The third kappa shape index (κ3) is 1.80. The molecule has 2 rings (SSSR count). The molecule has 0 fully saturated rings. The molecule has 0 aliphatic carbocycles. The third-order valence-corrected chi connectivity index (χ3v) is 2.45. The van der Waals surface area contributed by atoms with Gasteiger partial charge in [0.1, 0.15) is 16.9 Å². The molecule has 0 spiro atoms. The van der Waals surface area contributed by atoms with Gasteiger partial charge >= 0.3 is 5.63 Å². The predicted molar refractivity (Wildman–Crippen MR) is 62.0 cm³/mol. The zero-order chi connectivity index (χ0) is 10.8. The lowest BCUT2D eigenvalue weighted by atomic mass is 10.2. The molecule has 0 saturated heterocycles. The molecule has 0 aliphatic heterocycles. The van der Waals surface area contributed by atoms with Crippen LogP contribution in [0.15, 0.2) is 44.5 Å². The first-order chi connectivity index (χ1) is 7.22. The molecule has 0 bridgehead atoms. The Hall–Kier alpha value is -1.55. The van der Waals surface area contributed by atoms with Gasteiger partial charge in [0.2, 0.25) is 0 Å². The summed E-state index contributed by atoms with van der Waals surface area (Å²) in [5.74, 6) is -0.144. The molecule has 2 aromatic rings. The number of benzene rings is 1. The molecular weight excluding hydrogens is 260 g/mol. The van der Waals surface area contributed by atoms with E-state index in [2.05, 4.69) is 15.9 Å². The summed E-state index contributed by atoms with van der Waals surface area (Å²) in [6.07, 6.45) is 0. The molecule has 0 amide bonds. The van der Waals surface area contributed by atoms with E-state index < -0.39 is 5.63 Å². The normalized spacial score (nSPS) is 11.9. The third-order valence-electron chi connectivity index (χ3n) is 2.02. The first-order valence-corrected chi connectivity index (χ1v) is 5.16. The van der Waals surface area contributed by atoms with E-state index in [1.54, 1.807) is 18.2 Å². The lowest BCUT2D eigenvalue weighted by Gasteiger charge is -1.99. The highest BCUT2D eigenvalue weighted by molar-refractivity contribution is 9.11. The molecule has 0 saturated carbocycles. The molecule has 4 heteroatoms. The van der Waals surface area contributed by atoms with Crippen LogP contribution in [0, 0.1) is 0 Å². The van der Waals surface area contributed by atoms with Gasteiger partial charge in [-0.25, -0.2) is 4.79 Å². The Balaban J connectivity index is 2.78. The minimum atomic E-state index is -0.554. The molecule has 0 atom stereocenters. The van der Waals surface area contributed by atoms with Crippen molar-refractivity contribution in [3.63, 3.8) is 0 Å². The van der Waals surface area contributed by atoms with Crippen molar-refractivity contribution in [2.75, 3.05) is 0 Å². The molecule has 0 aliphatic rings. The Morgan fingerprint density at radius 3 is 2.87 bits per heavy atom. The molecule has 76 valence electrons. The molecule has 0 radical (unpaired) electrons. The van der Waals surface area contributed by atoms with Crippen LogP contribution in [0.2, 0.25) is 0 Å². The second-order valence-corrected chi connectivity index (χ2v) is 3.44. The Morgan fingerprint density at radius 1 is 1.40 bits per heavy atom. The van der Waals surface area contributed by atoms with Crippen molar-refractivity contribution in [2.24, 2.45) is 0 Å². The van der Waals surface area contributed by atoms with E-state index >= 15 is 0 Å². The van der Waals surface area contributed by atoms with Crippen LogP contribution in [0.3, 0.4) is 0 Å². The molecule has 1 aromatic carbocycles. The van der Waals surface area contributed by atoms with Crippen molar-refractivity contribution in [1.29, 1.82) is 0 Å². The topological polar surface area (TPSA) is 50.4 Å². The summed E-state index contributed by atoms with van der Waals surface area (Å²) in [5, 5.41) is 10.2. The molecular formula is C11H7BrO3. The van der Waals surface area contributed by atoms with Crippen molar-refractivity contribution < 1.29 is 9.52 Å². The second-order valence-electron chi connectivity index (χ2n) is 2.98. The van der Waals surface area contributed by atoms with E-state index in [4.69, 9.17) is 4.42 Å². The summed E-state index contributed by atoms with van der Waals surface area (Å²) in [4.78, 5) is 12.7. The number of rotatable bonds is 1. The largest absolute Gasteiger partial charge is 0.506 e. The lowest BCUT2D eigenvalue weighted by molar-refractivity contribution is 0.499. The van der Waals surface area contributed by atoms with Crippen LogP contribution >= 0.6 is 15.9 Å². The molecule has 0 unspecified atom stereocenters. The van der Waals surface area contributed by atoms with Gasteiger partial charge < -0.3 is 9.52 Å². The average molecular weight is 267 g/mol. The van der Waals surface area contributed by atoms with E-state index in [1.807, 2.05) is 12.1 Å². The van der Waals surface area contributed by atoms with Gasteiger partial charge in [-0.3, -0.25) is 0 Å². The zero-order valence-corrected chi connectivity index (χ0v) is 9.19. The first-order valence-electron chi connectivity index (χ1n) is 4.25. The summed E-state index contributed by atoms with van der Waals surface area (Å²) in [6.45, 7) is 0. The maximum atomic E-state index is 11.4. The summed E-state index contributed by atoms with van der Waals surface area (Å²) >= 11 is 2.96. The van der Waals surface area contributed by atoms with Crippen LogP contribution in [-0.2, 0) is 0 Å². The summed E-state index contributed by atoms with van der Waals surface area (Å²) < 4.78 is 5.04. The van der Waals surface area contributed by atoms with Crippen LogP contribution in [-0.4, -0.2) is 5.11 Å². The van der Waals surface area contributed by atoms with E-state index in [0.29, 0.717) is 5.58 Å². The highest BCUT2D eigenvalue weighted by atomic mass is 79.9. The molecule has 15 heavy (non-hydrogen) atoms. The summed E-state index contributed by atoms with van der Waals surface area (Å²) in [6, 6.07) is 8.72. The van der Waals surface area contributed by atoms with Gasteiger partial charge in [0.15, 0.2) is 0 Å². The van der Waals surface area contributed by atoms with Crippen molar-refractivity contribution in [2.45, 2.75) is 0 Å². The Kier molecular flexibility index (Phi) is 2.60. The number of para-hydroxylation sites is 1. The van der Waals surface area contributed by atoms with Gasteiger partial charge in [-0.2, -0.15) is 0 Å². The Bertz CT molecular complexity index is 584. The van der Waals surface area contributed by atoms with Crippen LogP contribution in [0.4, 0.5) is 0 Å². The SMILES string of the molecule is O=c1oc2ccccc2cc1/C(O)=C/Br. The Labute approximate surface area is 93.8 Å². The van der Waals surface area contributed by atoms with E-state index in [9.17, 15) is 9.90 Å². The zero-order valence-electron chi connectivity index (χ0n) is 7.61. The lowest BCUT2D eigenvalue weighted by Crippen LogP contribution is -2.05. The molecule has 3 nitrogen and oxygen atoms in total. The van der Waals surface area contributed by atoms with Crippen LogP contribution in [0.1, 0.15) is 5.56 Å². The molecule has 1 N–H and O–H groups in total. The number of aliphatic hydroxyl groups excluding tert-OH is 1. The standard InChI is InChI=1S/C11H7BrO3/c12-6-9(13)8-5-7-3-1-2-4-10(7)15-11(8)14/h1-6,13H/b9-6-. The van der Waals surface area contributed by atoms with Gasteiger partial charge in [0.25, 0.3) is 0 Å². The van der Waals surface area contributed by atoms with Gasteiger partial charge in [-0.15, -0.1) is 0 Å². The number of halogens is 1. The van der Waals surface area contributed by atoms with Gasteiger partial charge in [-0.1, -0.05) is 34.1 Å².